The Kier molecular flexibility index (Phi) is 4.49. The standard InChI is InChI=1S/C13H18N6O2/c1-7-4-8(9-2-3-16-6-10(9)14)5-11(17-13(20)21)12(7)18-19-15/h2-3,6-8,11-12,17H,4-5,14H2,1H3,(H,20,21)/t7-,8+,11+,12-/m0/s1. The molecule has 0 radical (unpaired) electrons. The summed E-state index contributed by atoms with van der Waals surface area (Å²) in [7, 11) is 0. The zero-order valence-corrected chi connectivity index (χ0v) is 11.7. The number of hydrogen-bond acceptors (Lipinski definition) is 4. The molecule has 0 saturated heterocycles. The minimum atomic E-state index is -1.12. The van der Waals surface area contributed by atoms with E-state index >= 15 is 0 Å². The van der Waals surface area contributed by atoms with E-state index in [-0.39, 0.29) is 17.9 Å². The maximum atomic E-state index is 11.0. The summed E-state index contributed by atoms with van der Waals surface area (Å²) in [6.07, 6.45) is 3.49. The molecule has 4 atom stereocenters. The van der Waals surface area contributed by atoms with Gasteiger partial charge in [-0.25, -0.2) is 4.79 Å². The average molecular weight is 290 g/mol. The van der Waals surface area contributed by atoms with Crippen LogP contribution in [0.15, 0.2) is 23.6 Å². The van der Waals surface area contributed by atoms with Crippen LogP contribution < -0.4 is 11.1 Å². The van der Waals surface area contributed by atoms with Crippen molar-refractivity contribution in [1.82, 2.24) is 10.3 Å². The van der Waals surface area contributed by atoms with Crippen LogP contribution in [-0.4, -0.2) is 28.3 Å². The molecule has 1 aliphatic carbocycles. The Balaban J connectivity index is 2.26. The Labute approximate surface area is 122 Å². The molecular formula is C13H18N6O2. The second-order valence-corrected chi connectivity index (χ2v) is 5.40. The summed E-state index contributed by atoms with van der Waals surface area (Å²) in [6.45, 7) is 1.96. The minimum absolute atomic E-state index is 0.0593. The number of carboxylic acid groups (broad SMARTS) is 1. The number of carbonyl (C=O) groups is 1. The number of nitrogens with one attached hydrogen (secondary N) is 1. The van der Waals surface area contributed by atoms with Gasteiger partial charge in [-0.1, -0.05) is 12.0 Å². The lowest BCUT2D eigenvalue weighted by Gasteiger charge is -2.38. The SMILES string of the molecule is C[C@H]1C[C@@H](c2ccncc2N)C[C@@H](NC(=O)O)[C@H]1N=[N+]=[N-]. The number of azide groups is 1. The molecule has 8 heteroatoms. The van der Waals surface area contributed by atoms with Crippen molar-refractivity contribution in [2.45, 2.75) is 37.8 Å². The largest absolute Gasteiger partial charge is 0.465 e. The second-order valence-electron chi connectivity index (χ2n) is 5.40. The zero-order valence-electron chi connectivity index (χ0n) is 11.7. The predicted octanol–water partition coefficient (Wildman–Crippen LogP) is 2.49. The van der Waals surface area contributed by atoms with Gasteiger partial charge in [0, 0.05) is 17.2 Å². The number of hydrogen-bond donors (Lipinski definition) is 3. The fourth-order valence-electron chi connectivity index (χ4n) is 3.13. The van der Waals surface area contributed by atoms with Gasteiger partial charge in [0.1, 0.15) is 0 Å². The smallest absolute Gasteiger partial charge is 0.404 e. The summed E-state index contributed by atoms with van der Waals surface area (Å²) >= 11 is 0. The topological polar surface area (TPSA) is 137 Å². The van der Waals surface area contributed by atoms with Gasteiger partial charge in [0.05, 0.1) is 17.9 Å². The van der Waals surface area contributed by atoms with Crippen molar-refractivity contribution < 1.29 is 9.90 Å². The summed E-state index contributed by atoms with van der Waals surface area (Å²) < 4.78 is 0. The fraction of sp³-hybridized carbons (Fsp3) is 0.538. The number of anilines is 1. The van der Waals surface area contributed by atoms with E-state index in [1.165, 1.54) is 0 Å². The summed E-state index contributed by atoms with van der Waals surface area (Å²) in [5.41, 5.74) is 16.2. The summed E-state index contributed by atoms with van der Waals surface area (Å²) in [5, 5.41) is 15.2. The van der Waals surface area contributed by atoms with Gasteiger partial charge in [0.25, 0.3) is 0 Å². The number of nitrogen functional groups attached to an aromatic ring is 1. The summed E-state index contributed by atoms with van der Waals surface area (Å²) in [4.78, 5) is 17.8. The van der Waals surface area contributed by atoms with Crippen LogP contribution in [-0.2, 0) is 0 Å². The molecule has 8 nitrogen and oxygen atoms in total. The van der Waals surface area contributed by atoms with Crippen molar-refractivity contribution in [2.75, 3.05) is 5.73 Å². The molecular weight excluding hydrogens is 272 g/mol. The van der Waals surface area contributed by atoms with Gasteiger partial charge in [-0.15, -0.1) is 0 Å². The van der Waals surface area contributed by atoms with E-state index in [4.69, 9.17) is 16.4 Å². The van der Waals surface area contributed by atoms with E-state index in [9.17, 15) is 4.79 Å². The Hall–Kier alpha value is -2.47. The number of nitrogens with zero attached hydrogens (tertiary/aromatic N) is 4. The van der Waals surface area contributed by atoms with Crippen molar-refractivity contribution in [1.29, 1.82) is 0 Å². The van der Waals surface area contributed by atoms with Crippen LogP contribution in [0.25, 0.3) is 10.4 Å². The molecule has 2 rings (SSSR count). The normalized spacial score (nSPS) is 28.4. The highest BCUT2D eigenvalue weighted by atomic mass is 16.4. The number of rotatable bonds is 3. The summed E-state index contributed by atoms with van der Waals surface area (Å²) in [5.74, 6) is 0.175. The van der Waals surface area contributed by atoms with Crippen molar-refractivity contribution in [3.63, 3.8) is 0 Å². The first-order valence-corrected chi connectivity index (χ1v) is 6.76. The molecule has 1 aromatic heterocycles. The van der Waals surface area contributed by atoms with Crippen LogP contribution in [0.2, 0.25) is 0 Å². The van der Waals surface area contributed by atoms with Crippen LogP contribution >= 0.6 is 0 Å². The van der Waals surface area contributed by atoms with Crippen molar-refractivity contribution >= 4 is 11.8 Å². The van der Waals surface area contributed by atoms with Gasteiger partial charge in [0.15, 0.2) is 0 Å². The number of pyridine rings is 1. The highest BCUT2D eigenvalue weighted by Crippen LogP contribution is 2.39. The lowest BCUT2D eigenvalue weighted by atomic mass is 9.73. The predicted molar refractivity (Wildman–Crippen MR) is 77.7 cm³/mol. The minimum Gasteiger partial charge on any atom is -0.465 e. The van der Waals surface area contributed by atoms with E-state index in [2.05, 4.69) is 20.3 Å². The average Bonchev–Trinajstić information content (AvgIpc) is 2.42. The third-order valence-corrected chi connectivity index (χ3v) is 4.01. The van der Waals surface area contributed by atoms with Crippen LogP contribution in [0, 0.1) is 5.92 Å². The molecule has 0 bridgehead atoms. The number of aromatic nitrogens is 1. The molecule has 1 heterocycles. The summed E-state index contributed by atoms with van der Waals surface area (Å²) in [6, 6.07) is 1.06. The number of nitrogens with two attached hydrogens (primary N) is 1. The van der Waals surface area contributed by atoms with Gasteiger partial charge >= 0.3 is 6.09 Å². The lowest BCUT2D eigenvalue weighted by Crippen LogP contribution is -2.48. The molecule has 1 saturated carbocycles. The van der Waals surface area contributed by atoms with E-state index < -0.39 is 12.1 Å². The van der Waals surface area contributed by atoms with Crippen molar-refractivity contribution in [2.24, 2.45) is 11.0 Å². The Morgan fingerprint density at radius 2 is 2.38 bits per heavy atom. The van der Waals surface area contributed by atoms with Crippen molar-refractivity contribution in [3.8, 4) is 0 Å². The molecule has 0 unspecified atom stereocenters. The molecule has 1 amide bonds. The van der Waals surface area contributed by atoms with Gasteiger partial charge in [0.2, 0.25) is 0 Å². The van der Waals surface area contributed by atoms with Gasteiger partial charge < -0.3 is 16.2 Å². The first-order valence-electron chi connectivity index (χ1n) is 6.76. The van der Waals surface area contributed by atoms with Crippen molar-refractivity contribution in [3.05, 3.63) is 34.5 Å². The van der Waals surface area contributed by atoms with Crippen LogP contribution in [0.3, 0.4) is 0 Å². The molecule has 1 aromatic rings. The molecule has 0 aliphatic heterocycles. The van der Waals surface area contributed by atoms with E-state index in [1.54, 1.807) is 12.4 Å². The van der Waals surface area contributed by atoms with Gasteiger partial charge in [-0.3, -0.25) is 4.98 Å². The zero-order chi connectivity index (χ0) is 15.4. The molecule has 1 aliphatic rings. The van der Waals surface area contributed by atoms with E-state index in [1.807, 2.05) is 13.0 Å². The molecule has 1 fully saturated rings. The molecule has 0 spiro atoms. The Morgan fingerprint density at radius 1 is 1.62 bits per heavy atom. The fourth-order valence-corrected chi connectivity index (χ4v) is 3.13. The molecule has 0 aromatic carbocycles. The van der Waals surface area contributed by atoms with E-state index in [0.717, 1.165) is 12.0 Å². The second kappa shape index (κ2) is 6.32. The third kappa shape index (κ3) is 3.35. The first-order chi connectivity index (χ1) is 10.0. The van der Waals surface area contributed by atoms with Crippen LogP contribution in [0.1, 0.15) is 31.2 Å². The monoisotopic (exact) mass is 290 g/mol. The molecule has 112 valence electrons. The Morgan fingerprint density at radius 3 is 3.00 bits per heavy atom. The third-order valence-electron chi connectivity index (χ3n) is 4.01. The first kappa shape index (κ1) is 14.9. The number of amides is 1. The van der Waals surface area contributed by atoms with Crippen LogP contribution in [0.5, 0.6) is 0 Å². The highest BCUT2D eigenvalue weighted by Gasteiger charge is 2.37. The maximum Gasteiger partial charge on any atom is 0.404 e. The van der Waals surface area contributed by atoms with E-state index in [0.29, 0.717) is 12.1 Å². The van der Waals surface area contributed by atoms with Gasteiger partial charge in [-0.05, 0) is 41.8 Å². The maximum absolute atomic E-state index is 11.0. The lowest BCUT2D eigenvalue weighted by molar-refractivity contribution is 0.172. The molecule has 21 heavy (non-hydrogen) atoms. The van der Waals surface area contributed by atoms with Gasteiger partial charge in [-0.2, -0.15) is 0 Å². The quantitative estimate of drug-likeness (QED) is 0.447. The molecule has 4 N–H and O–H groups in total. The highest BCUT2D eigenvalue weighted by molar-refractivity contribution is 5.65. The Bertz CT molecular complexity index is 572. The van der Waals surface area contributed by atoms with Crippen LogP contribution in [0.4, 0.5) is 10.5 Å².